The van der Waals surface area contributed by atoms with Gasteiger partial charge in [-0.1, -0.05) is 15.9 Å². The monoisotopic (exact) mass is 486 g/mol. The van der Waals surface area contributed by atoms with Gasteiger partial charge < -0.3 is 14.0 Å². The second-order valence-electron chi connectivity index (χ2n) is 6.69. The Balaban J connectivity index is 1.60. The lowest BCUT2D eigenvalue weighted by Gasteiger charge is -2.20. The van der Waals surface area contributed by atoms with Crippen LogP contribution >= 0.6 is 15.9 Å². The molecule has 0 radical (unpaired) electrons. The molecule has 8 nitrogen and oxygen atoms in total. The van der Waals surface area contributed by atoms with Crippen LogP contribution in [0.25, 0.3) is 10.9 Å². The number of halogens is 2. The first-order valence-corrected chi connectivity index (χ1v) is 10.3. The van der Waals surface area contributed by atoms with Gasteiger partial charge in [-0.05, 0) is 30.7 Å². The molecule has 0 aliphatic carbocycles. The SMILES string of the molecule is COc1cc2c(N(N)c3ccc(Br)cc3F)ncnc2cc1OCCCn1ccnc1. The van der Waals surface area contributed by atoms with Crippen molar-refractivity contribution < 1.29 is 13.9 Å². The van der Waals surface area contributed by atoms with E-state index < -0.39 is 5.82 Å². The molecular formula is C21H20BrFN6O2. The molecule has 2 aromatic heterocycles. The number of rotatable bonds is 8. The number of fused-ring (bicyclic) bond motifs is 1. The number of nitrogens with zero attached hydrogens (tertiary/aromatic N) is 5. The van der Waals surface area contributed by atoms with Crippen LogP contribution in [0.4, 0.5) is 15.9 Å². The molecular weight excluding hydrogens is 467 g/mol. The number of benzene rings is 2. The number of methoxy groups -OCH3 is 1. The van der Waals surface area contributed by atoms with Crippen LogP contribution in [0.3, 0.4) is 0 Å². The van der Waals surface area contributed by atoms with Crippen molar-refractivity contribution in [3.05, 3.63) is 65.7 Å². The Kier molecular flexibility index (Phi) is 6.28. The number of imidazole rings is 1. The number of anilines is 2. The van der Waals surface area contributed by atoms with Gasteiger partial charge in [0.2, 0.25) is 0 Å². The number of hydrazine groups is 1. The minimum absolute atomic E-state index is 0.182. The molecule has 0 unspecified atom stereocenters. The normalized spacial score (nSPS) is 11.0. The van der Waals surface area contributed by atoms with Crippen molar-refractivity contribution in [1.82, 2.24) is 19.5 Å². The van der Waals surface area contributed by atoms with Crippen molar-refractivity contribution >= 4 is 38.3 Å². The lowest BCUT2D eigenvalue weighted by Crippen LogP contribution is -2.27. The van der Waals surface area contributed by atoms with Crippen molar-refractivity contribution in [3.8, 4) is 11.5 Å². The summed E-state index contributed by atoms with van der Waals surface area (Å²) < 4.78 is 28.4. The number of nitrogens with two attached hydrogens (primary N) is 1. The topological polar surface area (TPSA) is 91.3 Å². The van der Waals surface area contributed by atoms with Gasteiger partial charge in [0.25, 0.3) is 0 Å². The molecule has 0 spiro atoms. The molecule has 0 atom stereocenters. The van der Waals surface area contributed by atoms with Gasteiger partial charge in [-0.15, -0.1) is 0 Å². The van der Waals surface area contributed by atoms with E-state index in [0.29, 0.717) is 39.3 Å². The molecule has 0 fully saturated rings. The third-order valence-electron chi connectivity index (χ3n) is 4.67. The highest BCUT2D eigenvalue weighted by Gasteiger charge is 2.18. The maximum atomic E-state index is 14.4. The Bertz CT molecular complexity index is 1190. The molecule has 10 heteroatoms. The average Bonchev–Trinajstić information content (AvgIpc) is 3.29. The van der Waals surface area contributed by atoms with Crippen LogP contribution in [0.5, 0.6) is 11.5 Å². The highest BCUT2D eigenvalue weighted by molar-refractivity contribution is 9.10. The third kappa shape index (κ3) is 4.59. The molecule has 4 rings (SSSR count). The van der Waals surface area contributed by atoms with Crippen LogP contribution in [0, 0.1) is 5.82 Å². The summed E-state index contributed by atoms with van der Waals surface area (Å²) in [5, 5.41) is 1.80. The number of hydrogen-bond donors (Lipinski definition) is 1. The highest BCUT2D eigenvalue weighted by Crippen LogP contribution is 2.36. The van der Waals surface area contributed by atoms with E-state index in [1.807, 2.05) is 10.8 Å². The smallest absolute Gasteiger partial charge is 0.163 e. The Morgan fingerprint density at radius 1 is 1.19 bits per heavy atom. The molecule has 160 valence electrons. The first kappa shape index (κ1) is 21.0. The second-order valence-corrected chi connectivity index (χ2v) is 7.60. The summed E-state index contributed by atoms with van der Waals surface area (Å²) >= 11 is 3.25. The van der Waals surface area contributed by atoms with E-state index in [1.54, 1.807) is 43.9 Å². The molecule has 0 saturated heterocycles. The minimum atomic E-state index is -0.478. The fourth-order valence-electron chi connectivity index (χ4n) is 3.15. The Morgan fingerprint density at radius 3 is 2.81 bits per heavy atom. The first-order valence-electron chi connectivity index (χ1n) is 9.48. The van der Waals surface area contributed by atoms with Crippen LogP contribution in [-0.4, -0.2) is 33.2 Å². The average molecular weight is 487 g/mol. The number of ether oxygens (including phenoxy) is 2. The molecule has 4 aromatic rings. The van der Waals surface area contributed by atoms with E-state index in [9.17, 15) is 4.39 Å². The predicted octanol–water partition coefficient (Wildman–Crippen LogP) is 4.22. The maximum absolute atomic E-state index is 14.4. The van der Waals surface area contributed by atoms with Gasteiger partial charge in [-0.25, -0.2) is 25.2 Å². The van der Waals surface area contributed by atoms with Gasteiger partial charge in [0.1, 0.15) is 12.1 Å². The second kappa shape index (κ2) is 9.27. The lowest BCUT2D eigenvalue weighted by molar-refractivity contribution is 0.283. The van der Waals surface area contributed by atoms with Gasteiger partial charge in [-0.2, -0.15) is 0 Å². The van der Waals surface area contributed by atoms with E-state index in [0.717, 1.165) is 13.0 Å². The zero-order valence-corrected chi connectivity index (χ0v) is 18.3. The minimum Gasteiger partial charge on any atom is -0.493 e. The molecule has 0 aliphatic heterocycles. The summed E-state index contributed by atoms with van der Waals surface area (Å²) in [4.78, 5) is 12.6. The van der Waals surface area contributed by atoms with Gasteiger partial charge in [0.15, 0.2) is 17.3 Å². The Labute approximate surface area is 186 Å². The number of aryl methyl sites for hydroxylation is 1. The molecule has 0 saturated carbocycles. The Hall–Kier alpha value is -3.24. The lowest BCUT2D eigenvalue weighted by atomic mass is 10.2. The number of aromatic nitrogens is 4. The summed E-state index contributed by atoms with van der Waals surface area (Å²) in [5.41, 5.74) is 0.783. The van der Waals surface area contributed by atoms with Gasteiger partial charge in [0.05, 0.1) is 31.2 Å². The quantitative estimate of drug-likeness (QED) is 0.226. The van der Waals surface area contributed by atoms with Gasteiger partial charge in [-0.3, -0.25) is 5.01 Å². The van der Waals surface area contributed by atoms with E-state index in [2.05, 4.69) is 30.9 Å². The van der Waals surface area contributed by atoms with Crippen molar-refractivity contribution in [2.24, 2.45) is 5.84 Å². The van der Waals surface area contributed by atoms with Gasteiger partial charge in [0, 0.05) is 34.9 Å². The van der Waals surface area contributed by atoms with Crippen LogP contribution in [0.2, 0.25) is 0 Å². The maximum Gasteiger partial charge on any atom is 0.163 e. The molecule has 0 aliphatic rings. The molecule has 0 bridgehead atoms. The molecule has 2 heterocycles. The first-order chi connectivity index (χ1) is 15.1. The molecule has 31 heavy (non-hydrogen) atoms. The summed E-state index contributed by atoms with van der Waals surface area (Å²) in [6.45, 7) is 1.29. The molecule has 2 aromatic carbocycles. The predicted molar refractivity (Wildman–Crippen MR) is 119 cm³/mol. The fourth-order valence-corrected chi connectivity index (χ4v) is 3.49. The van der Waals surface area contributed by atoms with Crippen LogP contribution in [0.1, 0.15) is 6.42 Å². The van der Waals surface area contributed by atoms with Gasteiger partial charge >= 0.3 is 0 Å². The summed E-state index contributed by atoms with van der Waals surface area (Å²) in [7, 11) is 1.55. The van der Waals surface area contributed by atoms with Crippen molar-refractivity contribution in [2.75, 3.05) is 18.7 Å². The van der Waals surface area contributed by atoms with E-state index >= 15 is 0 Å². The van der Waals surface area contributed by atoms with E-state index in [4.69, 9.17) is 15.3 Å². The largest absolute Gasteiger partial charge is 0.493 e. The van der Waals surface area contributed by atoms with Crippen molar-refractivity contribution in [2.45, 2.75) is 13.0 Å². The highest BCUT2D eigenvalue weighted by atomic mass is 79.9. The molecule has 0 amide bonds. The summed E-state index contributed by atoms with van der Waals surface area (Å²) in [5.74, 6) is 7.15. The van der Waals surface area contributed by atoms with E-state index in [-0.39, 0.29) is 5.69 Å². The number of hydrogen-bond acceptors (Lipinski definition) is 7. The third-order valence-corrected chi connectivity index (χ3v) is 5.17. The van der Waals surface area contributed by atoms with Crippen LogP contribution in [0.15, 0.2) is 59.9 Å². The van der Waals surface area contributed by atoms with E-state index in [1.165, 1.54) is 17.4 Å². The van der Waals surface area contributed by atoms with Crippen LogP contribution in [-0.2, 0) is 6.54 Å². The van der Waals surface area contributed by atoms with Crippen molar-refractivity contribution in [1.29, 1.82) is 0 Å². The summed E-state index contributed by atoms with van der Waals surface area (Å²) in [6.07, 6.45) is 7.59. The standard InChI is InChI=1S/C21H20BrFN6O2/c1-30-19-10-15-17(11-20(19)31-8-2-6-28-7-5-25-13-28)26-12-27-21(15)29(24)18-4-3-14(22)9-16(18)23/h3-5,7,9-13H,2,6,8,24H2,1H3. The fraction of sp³-hybridized carbons (Fsp3) is 0.190. The molecule has 2 N–H and O–H groups in total. The summed E-state index contributed by atoms with van der Waals surface area (Å²) in [6, 6.07) is 8.13. The zero-order chi connectivity index (χ0) is 21.8. The van der Waals surface area contributed by atoms with Crippen LogP contribution < -0.4 is 20.3 Å². The Morgan fingerprint density at radius 2 is 2.06 bits per heavy atom. The van der Waals surface area contributed by atoms with Crippen molar-refractivity contribution in [3.63, 3.8) is 0 Å². The zero-order valence-electron chi connectivity index (χ0n) is 16.7.